The number of carboxylic acids is 1. The van der Waals surface area contributed by atoms with Gasteiger partial charge in [0.25, 0.3) is 0 Å². The van der Waals surface area contributed by atoms with Gasteiger partial charge in [0.05, 0.1) is 0 Å². The van der Waals surface area contributed by atoms with E-state index in [9.17, 15) is 9.59 Å². The molecular weight excluding hydrogens is 206 g/mol. The molecule has 0 aromatic rings. The molecule has 0 aromatic carbocycles. The predicted molar refractivity (Wildman–Crippen MR) is 63.2 cm³/mol. The van der Waals surface area contributed by atoms with Gasteiger partial charge in [-0.2, -0.15) is 0 Å². The molecule has 1 atom stereocenters. The van der Waals surface area contributed by atoms with E-state index >= 15 is 0 Å². The normalized spacial score (nSPS) is 14.6. The van der Waals surface area contributed by atoms with Gasteiger partial charge in [0.15, 0.2) is 0 Å². The van der Waals surface area contributed by atoms with Crippen molar-refractivity contribution >= 4 is 11.9 Å². The zero-order valence-electron chi connectivity index (χ0n) is 10.7. The zero-order valence-corrected chi connectivity index (χ0v) is 10.7. The Kier molecular flexibility index (Phi) is 6.08. The highest BCUT2D eigenvalue weighted by atomic mass is 16.4. The van der Waals surface area contributed by atoms with Crippen LogP contribution in [0.2, 0.25) is 0 Å². The molecule has 0 rings (SSSR count). The standard InChI is InChI=1S/C12H23NO3/c1-5-8-12(4,11(15)16)13-10(14)9(6-2)7-3/h9H,5-8H2,1-4H3,(H,13,14)(H,15,16). The predicted octanol–water partition coefficient (Wildman–Crippen LogP) is 2.18. The summed E-state index contributed by atoms with van der Waals surface area (Å²) >= 11 is 0. The number of carbonyl (C=O) groups excluding carboxylic acids is 1. The number of hydrogen-bond donors (Lipinski definition) is 2. The number of carbonyl (C=O) groups is 2. The quantitative estimate of drug-likeness (QED) is 0.703. The number of amides is 1. The van der Waals surface area contributed by atoms with Crippen LogP contribution in [0.5, 0.6) is 0 Å². The first-order valence-electron chi connectivity index (χ1n) is 5.96. The monoisotopic (exact) mass is 229 g/mol. The fourth-order valence-corrected chi connectivity index (χ4v) is 1.76. The van der Waals surface area contributed by atoms with Crippen molar-refractivity contribution in [2.75, 3.05) is 0 Å². The van der Waals surface area contributed by atoms with E-state index in [2.05, 4.69) is 5.32 Å². The average Bonchev–Trinajstić information content (AvgIpc) is 2.19. The number of rotatable bonds is 7. The maximum atomic E-state index is 11.8. The third kappa shape index (κ3) is 3.83. The molecule has 0 saturated carbocycles. The van der Waals surface area contributed by atoms with E-state index in [1.807, 2.05) is 20.8 Å². The number of nitrogens with one attached hydrogen (secondary N) is 1. The van der Waals surface area contributed by atoms with Gasteiger partial charge in [-0.3, -0.25) is 4.79 Å². The molecule has 4 nitrogen and oxygen atoms in total. The Morgan fingerprint density at radius 3 is 2.06 bits per heavy atom. The van der Waals surface area contributed by atoms with E-state index in [4.69, 9.17) is 5.11 Å². The number of aliphatic carboxylic acids is 1. The van der Waals surface area contributed by atoms with Gasteiger partial charge in [-0.15, -0.1) is 0 Å². The van der Waals surface area contributed by atoms with Crippen molar-refractivity contribution in [3.63, 3.8) is 0 Å². The van der Waals surface area contributed by atoms with Crippen molar-refractivity contribution in [2.24, 2.45) is 5.92 Å². The second-order valence-electron chi connectivity index (χ2n) is 4.39. The SMILES string of the molecule is CCCC(C)(NC(=O)C(CC)CC)C(=O)O. The Labute approximate surface area is 97.4 Å². The van der Waals surface area contributed by atoms with Crippen LogP contribution in [0.4, 0.5) is 0 Å². The van der Waals surface area contributed by atoms with Crippen molar-refractivity contribution < 1.29 is 14.7 Å². The van der Waals surface area contributed by atoms with Crippen molar-refractivity contribution in [3.05, 3.63) is 0 Å². The van der Waals surface area contributed by atoms with Crippen molar-refractivity contribution in [1.82, 2.24) is 5.32 Å². The highest BCUT2D eigenvalue weighted by Crippen LogP contribution is 2.16. The zero-order chi connectivity index (χ0) is 12.8. The molecule has 0 bridgehead atoms. The molecule has 0 aliphatic carbocycles. The molecule has 0 radical (unpaired) electrons. The first kappa shape index (κ1) is 14.9. The summed E-state index contributed by atoms with van der Waals surface area (Å²) in [6.07, 6.45) is 2.66. The minimum Gasteiger partial charge on any atom is -0.480 e. The average molecular weight is 229 g/mol. The van der Waals surface area contributed by atoms with Crippen LogP contribution in [-0.4, -0.2) is 22.5 Å². The van der Waals surface area contributed by atoms with E-state index in [1.165, 1.54) is 0 Å². The van der Waals surface area contributed by atoms with Gasteiger partial charge < -0.3 is 10.4 Å². The molecule has 16 heavy (non-hydrogen) atoms. The fraction of sp³-hybridized carbons (Fsp3) is 0.833. The topological polar surface area (TPSA) is 66.4 Å². The third-order valence-corrected chi connectivity index (χ3v) is 2.98. The molecule has 0 fully saturated rings. The van der Waals surface area contributed by atoms with Crippen molar-refractivity contribution in [3.8, 4) is 0 Å². The van der Waals surface area contributed by atoms with Gasteiger partial charge in [-0.25, -0.2) is 4.79 Å². The Hall–Kier alpha value is -1.06. The summed E-state index contributed by atoms with van der Waals surface area (Å²) in [5.74, 6) is -1.20. The Morgan fingerprint density at radius 2 is 1.75 bits per heavy atom. The summed E-state index contributed by atoms with van der Waals surface area (Å²) in [5.41, 5.74) is -1.13. The van der Waals surface area contributed by atoms with Crippen molar-refractivity contribution in [1.29, 1.82) is 0 Å². The van der Waals surface area contributed by atoms with Crippen molar-refractivity contribution in [2.45, 2.75) is 58.9 Å². The van der Waals surface area contributed by atoms with Crippen LogP contribution < -0.4 is 5.32 Å². The Balaban J connectivity index is 4.63. The van der Waals surface area contributed by atoms with Crippen LogP contribution >= 0.6 is 0 Å². The first-order valence-corrected chi connectivity index (χ1v) is 5.96. The van der Waals surface area contributed by atoms with E-state index in [-0.39, 0.29) is 11.8 Å². The lowest BCUT2D eigenvalue weighted by Crippen LogP contribution is -2.53. The van der Waals surface area contributed by atoms with Crippen LogP contribution in [0.25, 0.3) is 0 Å². The van der Waals surface area contributed by atoms with E-state index in [1.54, 1.807) is 6.92 Å². The highest BCUT2D eigenvalue weighted by Gasteiger charge is 2.34. The summed E-state index contributed by atoms with van der Waals surface area (Å²) in [6, 6.07) is 0. The smallest absolute Gasteiger partial charge is 0.329 e. The van der Waals surface area contributed by atoms with Gasteiger partial charge in [-0.05, 0) is 26.2 Å². The second kappa shape index (κ2) is 6.51. The minimum atomic E-state index is -1.13. The van der Waals surface area contributed by atoms with E-state index in [0.717, 1.165) is 19.3 Å². The molecule has 0 aromatic heterocycles. The van der Waals surface area contributed by atoms with Gasteiger partial charge in [0, 0.05) is 5.92 Å². The molecular formula is C12H23NO3. The first-order chi connectivity index (χ1) is 7.41. The maximum Gasteiger partial charge on any atom is 0.329 e. The lowest BCUT2D eigenvalue weighted by molar-refractivity contribution is -0.148. The molecule has 0 saturated heterocycles. The summed E-state index contributed by atoms with van der Waals surface area (Å²) in [6.45, 7) is 7.35. The minimum absolute atomic E-state index is 0.0875. The molecule has 4 heteroatoms. The van der Waals surface area contributed by atoms with Gasteiger partial charge in [0.2, 0.25) is 5.91 Å². The molecule has 0 spiro atoms. The molecule has 1 unspecified atom stereocenters. The fourth-order valence-electron chi connectivity index (χ4n) is 1.76. The van der Waals surface area contributed by atoms with Gasteiger partial charge >= 0.3 is 5.97 Å². The Bertz CT molecular complexity index is 249. The maximum absolute atomic E-state index is 11.8. The summed E-state index contributed by atoms with van der Waals surface area (Å²) < 4.78 is 0. The summed E-state index contributed by atoms with van der Waals surface area (Å²) in [4.78, 5) is 23.0. The molecule has 2 N–H and O–H groups in total. The lowest BCUT2D eigenvalue weighted by atomic mass is 9.94. The van der Waals surface area contributed by atoms with Crippen LogP contribution in [0, 0.1) is 5.92 Å². The molecule has 0 aliphatic heterocycles. The van der Waals surface area contributed by atoms with Gasteiger partial charge in [-0.1, -0.05) is 27.2 Å². The largest absolute Gasteiger partial charge is 0.480 e. The third-order valence-electron chi connectivity index (χ3n) is 2.98. The van der Waals surface area contributed by atoms with Crippen LogP contribution in [0.15, 0.2) is 0 Å². The van der Waals surface area contributed by atoms with Crippen LogP contribution in [0.3, 0.4) is 0 Å². The highest BCUT2D eigenvalue weighted by molar-refractivity contribution is 5.87. The number of carboxylic acid groups (broad SMARTS) is 1. The summed E-state index contributed by atoms with van der Waals surface area (Å²) in [5, 5.41) is 11.8. The van der Waals surface area contributed by atoms with Gasteiger partial charge in [0.1, 0.15) is 5.54 Å². The van der Waals surface area contributed by atoms with Crippen LogP contribution in [-0.2, 0) is 9.59 Å². The van der Waals surface area contributed by atoms with E-state index in [0.29, 0.717) is 6.42 Å². The lowest BCUT2D eigenvalue weighted by Gasteiger charge is -2.27. The van der Waals surface area contributed by atoms with E-state index < -0.39 is 11.5 Å². The second-order valence-corrected chi connectivity index (χ2v) is 4.39. The summed E-state index contributed by atoms with van der Waals surface area (Å²) in [7, 11) is 0. The van der Waals surface area contributed by atoms with Crippen LogP contribution in [0.1, 0.15) is 53.4 Å². The molecule has 0 heterocycles. The Morgan fingerprint density at radius 1 is 1.25 bits per heavy atom. The molecule has 0 aliphatic rings. The number of hydrogen-bond acceptors (Lipinski definition) is 2. The molecule has 94 valence electrons. The molecule has 1 amide bonds.